The van der Waals surface area contributed by atoms with Crippen molar-refractivity contribution in [2.45, 2.75) is 24.9 Å². The van der Waals surface area contributed by atoms with Crippen molar-refractivity contribution in [3.8, 4) is 5.75 Å². The highest BCUT2D eigenvalue weighted by Gasteiger charge is 2.41. The molecule has 0 bridgehead atoms. The molecule has 0 heterocycles. The molecule has 88 valence electrons. The van der Waals surface area contributed by atoms with E-state index in [0.717, 1.165) is 0 Å². The van der Waals surface area contributed by atoms with Gasteiger partial charge in [-0.3, -0.25) is 0 Å². The van der Waals surface area contributed by atoms with Gasteiger partial charge in [0.05, 0.1) is 17.7 Å². The zero-order chi connectivity index (χ0) is 11.9. The molecule has 1 saturated carbocycles. The van der Waals surface area contributed by atoms with E-state index in [2.05, 4.69) is 4.74 Å². The lowest BCUT2D eigenvalue weighted by molar-refractivity contribution is 0.149. The second kappa shape index (κ2) is 3.86. The van der Waals surface area contributed by atoms with Crippen molar-refractivity contribution in [1.82, 2.24) is 0 Å². The van der Waals surface area contributed by atoms with Crippen LogP contribution in [0.15, 0.2) is 6.07 Å². The summed E-state index contributed by atoms with van der Waals surface area (Å²) in [7, 11) is 1.22. The first-order chi connectivity index (χ1) is 7.47. The molecule has 0 amide bonds. The zero-order valence-electron chi connectivity index (χ0n) is 8.69. The molecular weight excluding hydrogens is 238 g/mol. The third kappa shape index (κ3) is 1.99. The van der Waals surface area contributed by atoms with Crippen molar-refractivity contribution in [1.29, 1.82) is 0 Å². The summed E-state index contributed by atoms with van der Waals surface area (Å²) in [6.07, 6.45) is 1.30. The van der Waals surface area contributed by atoms with E-state index < -0.39 is 17.2 Å². The van der Waals surface area contributed by atoms with Gasteiger partial charge in [0.15, 0.2) is 11.6 Å². The number of benzene rings is 1. The lowest BCUT2D eigenvalue weighted by Gasteiger charge is -2.12. The van der Waals surface area contributed by atoms with Gasteiger partial charge < -0.3 is 9.84 Å². The molecule has 1 aliphatic rings. The van der Waals surface area contributed by atoms with Gasteiger partial charge in [0.2, 0.25) is 5.82 Å². The topological polar surface area (TPSA) is 29.5 Å². The Bertz CT molecular complexity index is 430. The normalized spacial score (nSPS) is 17.3. The summed E-state index contributed by atoms with van der Waals surface area (Å²) in [6.45, 7) is 0. The fourth-order valence-electron chi connectivity index (χ4n) is 1.62. The van der Waals surface area contributed by atoms with Crippen LogP contribution in [-0.2, 0) is 6.42 Å². The van der Waals surface area contributed by atoms with Gasteiger partial charge in [0, 0.05) is 6.42 Å². The van der Waals surface area contributed by atoms with Crippen molar-refractivity contribution >= 4 is 11.6 Å². The number of ether oxygens (including phenoxy) is 1. The molecule has 16 heavy (non-hydrogen) atoms. The first kappa shape index (κ1) is 11.6. The Balaban J connectivity index is 2.39. The van der Waals surface area contributed by atoms with Gasteiger partial charge >= 0.3 is 0 Å². The summed E-state index contributed by atoms with van der Waals surface area (Å²) in [4.78, 5) is 0. The van der Waals surface area contributed by atoms with Gasteiger partial charge in [-0.15, -0.1) is 0 Å². The summed E-state index contributed by atoms with van der Waals surface area (Å²) in [6, 6.07) is 1.30. The van der Waals surface area contributed by atoms with Gasteiger partial charge in [-0.1, -0.05) is 11.6 Å². The standard InChI is InChI=1S/C11H11ClF2O2/c1-16-10-7(12)4-6(8(13)9(10)14)5-11(15)2-3-11/h4,15H,2-3,5H2,1H3. The summed E-state index contributed by atoms with van der Waals surface area (Å²) in [5.41, 5.74) is -0.797. The fourth-order valence-corrected chi connectivity index (χ4v) is 1.91. The van der Waals surface area contributed by atoms with E-state index in [0.29, 0.717) is 12.8 Å². The molecule has 0 spiro atoms. The highest BCUT2D eigenvalue weighted by atomic mass is 35.5. The quantitative estimate of drug-likeness (QED) is 0.834. The third-order valence-electron chi connectivity index (χ3n) is 2.74. The summed E-state index contributed by atoms with van der Waals surface area (Å²) >= 11 is 5.74. The molecule has 0 saturated heterocycles. The summed E-state index contributed by atoms with van der Waals surface area (Å²) in [5, 5.41) is 9.67. The van der Waals surface area contributed by atoms with Crippen LogP contribution < -0.4 is 4.74 Å². The third-order valence-corrected chi connectivity index (χ3v) is 3.02. The minimum atomic E-state index is -1.10. The number of rotatable bonds is 3. The number of methoxy groups -OCH3 is 1. The largest absolute Gasteiger partial charge is 0.492 e. The number of halogens is 3. The number of hydrogen-bond acceptors (Lipinski definition) is 2. The molecule has 0 aromatic heterocycles. The van der Waals surface area contributed by atoms with Gasteiger partial charge in [-0.25, -0.2) is 4.39 Å². The van der Waals surface area contributed by atoms with Gasteiger partial charge in [0.1, 0.15) is 0 Å². The van der Waals surface area contributed by atoms with Gasteiger partial charge in [-0.05, 0) is 24.5 Å². The first-order valence-electron chi connectivity index (χ1n) is 4.89. The second-order valence-electron chi connectivity index (χ2n) is 4.08. The van der Waals surface area contributed by atoms with E-state index in [1.807, 2.05) is 0 Å². The molecule has 0 aliphatic heterocycles. The Morgan fingerprint density at radius 2 is 2.06 bits per heavy atom. The van der Waals surface area contributed by atoms with E-state index >= 15 is 0 Å². The summed E-state index contributed by atoms with van der Waals surface area (Å²) in [5.74, 6) is -2.40. The lowest BCUT2D eigenvalue weighted by Crippen LogP contribution is -2.13. The molecule has 1 aromatic rings. The molecule has 2 rings (SSSR count). The number of aliphatic hydroxyl groups is 1. The molecule has 1 aromatic carbocycles. The van der Waals surface area contributed by atoms with Crippen LogP contribution in [0.4, 0.5) is 8.78 Å². The molecule has 5 heteroatoms. The predicted molar refractivity (Wildman–Crippen MR) is 55.8 cm³/mol. The predicted octanol–water partition coefficient (Wildman–Crippen LogP) is 2.69. The lowest BCUT2D eigenvalue weighted by atomic mass is 10.1. The van der Waals surface area contributed by atoms with Crippen molar-refractivity contribution in [2.24, 2.45) is 0 Å². The van der Waals surface area contributed by atoms with Crippen molar-refractivity contribution < 1.29 is 18.6 Å². The van der Waals surface area contributed by atoms with Crippen molar-refractivity contribution in [3.63, 3.8) is 0 Å². The minimum Gasteiger partial charge on any atom is -0.492 e. The van der Waals surface area contributed by atoms with Crippen LogP contribution in [0, 0.1) is 11.6 Å². The molecule has 0 radical (unpaired) electrons. The van der Waals surface area contributed by atoms with Crippen LogP contribution in [0.5, 0.6) is 5.75 Å². The van der Waals surface area contributed by atoms with Crippen LogP contribution in [-0.4, -0.2) is 17.8 Å². The maximum atomic E-state index is 13.6. The van der Waals surface area contributed by atoms with Crippen LogP contribution in [0.1, 0.15) is 18.4 Å². The van der Waals surface area contributed by atoms with Crippen LogP contribution >= 0.6 is 11.6 Å². The molecular formula is C11H11ClF2O2. The average molecular weight is 249 g/mol. The van der Waals surface area contributed by atoms with E-state index in [-0.39, 0.29) is 22.8 Å². The molecule has 1 fully saturated rings. The molecule has 0 atom stereocenters. The van der Waals surface area contributed by atoms with Crippen LogP contribution in [0.2, 0.25) is 5.02 Å². The molecule has 0 unspecified atom stereocenters. The Morgan fingerprint density at radius 1 is 1.44 bits per heavy atom. The van der Waals surface area contributed by atoms with E-state index in [9.17, 15) is 13.9 Å². The van der Waals surface area contributed by atoms with E-state index in [1.165, 1.54) is 13.2 Å². The molecule has 1 N–H and O–H groups in total. The SMILES string of the molecule is COc1c(Cl)cc(CC2(O)CC2)c(F)c1F. The zero-order valence-corrected chi connectivity index (χ0v) is 9.44. The maximum Gasteiger partial charge on any atom is 0.202 e. The van der Waals surface area contributed by atoms with Gasteiger partial charge in [0.25, 0.3) is 0 Å². The maximum absolute atomic E-state index is 13.6. The Hall–Kier alpha value is -0.870. The monoisotopic (exact) mass is 248 g/mol. The fraction of sp³-hybridized carbons (Fsp3) is 0.455. The van der Waals surface area contributed by atoms with Gasteiger partial charge in [-0.2, -0.15) is 4.39 Å². The highest BCUT2D eigenvalue weighted by Crippen LogP contribution is 2.40. The number of hydrogen-bond donors (Lipinski definition) is 1. The molecule has 2 nitrogen and oxygen atoms in total. The molecule has 1 aliphatic carbocycles. The minimum absolute atomic E-state index is 0.0145. The average Bonchev–Trinajstić information content (AvgIpc) is 2.93. The first-order valence-corrected chi connectivity index (χ1v) is 5.27. The van der Waals surface area contributed by atoms with Crippen molar-refractivity contribution in [2.75, 3.05) is 7.11 Å². The smallest absolute Gasteiger partial charge is 0.202 e. The second-order valence-corrected chi connectivity index (χ2v) is 4.49. The van der Waals surface area contributed by atoms with E-state index in [1.54, 1.807) is 0 Å². The Labute approximate surface area is 96.8 Å². The van der Waals surface area contributed by atoms with Crippen LogP contribution in [0.25, 0.3) is 0 Å². The van der Waals surface area contributed by atoms with Crippen molar-refractivity contribution in [3.05, 3.63) is 28.3 Å². The van der Waals surface area contributed by atoms with Crippen LogP contribution in [0.3, 0.4) is 0 Å². The Kier molecular flexibility index (Phi) is 2.80. The summed E-state index contributed by atoms with van der Waals surface area (Å²) < 4.78 is 31.7. The highest BCUT2D eigenvalue weighted by molar-refractivity contribution is 6.32. The van der Waals surface area contributed by atoms with E-state index in [4.69, 9.17) is 11.6 Å². The Morgan fingerprint density at radius 3 is 2.56 bits per heavy atom.